The Balaban J connectivity index is 1.61. The molecule has 2 atom stereocenters. The molecule has 0 aliphatic carbocycles. The molecule has 1 aromatic carbocycles. The van der Waals surface area contributed by atoms with Crippen LogP contribution in [0.25, 0.3) is 11.3 Å². The fourth-order valence-electron chi connectivity index (χ4n) is 2.25. The molecule has 0 saturated carbocycles. The SMILES string of the molecule is O=C(Nc1ccc(-c2csnn2)cc1)[C@@H]1CC[C@H](C(=O)O)O1. The Morgan fingerprint density at radius 3 is 2.55 bits per heavy atom. The van der Waals surface area contributed by atoms with Crippen molar-refractivity contribution in [2.45, 2.75) is 25.0 Å². The van der Waals surface area contributed by atoms with Crippen LogP contribution in [0.4, 0.5) is 5.69 Å². The summed E-state index contributed by atoms with van der Waals surface area (Å²) in [6.07, 6.45) is -0.854. The highest BCUT2D eigenvalue weighted by molar-refractivity contribution is 7.03. The van der Waals surface area contributed by atoms with E-state index in [4.69, 9.17) is 9.84 Å². The second-order valence-electron chi connectivity index (χ2n) is 4.89. The van der Waals surface area contributed by atoms with E-state index in [-0.39, 0.29) is 5.91 Å². The largest absolute Gasteiger partial charge is 0.479 e. The molecule has 114 valence electrons. The van der Waals surface area contributed by atoms with E-state index in [2.05, 4.69) is 14.9 Å². The van der Waals surface area contributed by atoms with Crippen LogP contribution in [0, 0.1) is 0 Å². The highest BCUT2D eigenvalue weighted by atomic mass is 32.1. The van der Waals surface area contributed by atoms with Gasteiger partial charge in [-0.1, -0.05) is 16.6 Å². The van der Waals surface area contributed by atoms with E-state index < -0.39 is 18.2 Å². The standard InChI is InChI=1S/C14H13N3O4S/c18-13(11-5-6-12(21-11)14(19)20)15-9-3-1-8(2-4-9)10-7-22-17-16-10/h1-4,7,11-12H,5-6H2,(H,15,18)(H,19,20)/t11-,12+/m0/s1. The third-order valence-electron chi connectivity index (χ3n) is 3.40. The maximum absolute atomic E-state index is 12.0. The number of nitrogens with zero attached hydrogens (tertiary/aromatic N) is 2. The summed E-state index contributed by atoms with van der Waals surface area (Å²) < 4.78 is 9.01. The van der Waals surface area contributed by atoms with Crippen LogP contribution < -0.4 is 5.32 Å². The van der Waals surface area contributed by atoms with Crippen molar-refractivity contribution in [3.8, 4) is 11.3 Å². The fourth-order valence-corrected chi connectivity index (χ4v) is 2.71. The number of carbonyl (C=O) groups excluding carboxylic acids is 1. The summed E-state index contributed by atoms with van der Waals surface area (Å²) in [5.41, 5.74) is 2.32. The van der Waals surface area contributed by atoms with Gasteiger partial charge < -0.3 is 15.2 Å². The summed E-state index contributed by atoms with van der Waals surface area (Å²) in [7, 11) is 0. The number of carbonyl (C=O) groups is 2. The van der Waals surface area contributed by atoms with Crippen LogP contribution in [0.5, 0.6) is 0 Å². The molecule has 1 aliphatic rings. The molecule has 3 rings (SSSR count). The molecule has 0 unspecified atom stereocenters. The third kappa shape index (κ3) is 3.12. The number of ether oxygens (including phenoxy) is 1. The molecule has 1 aromatic heterocycles. The minimum Gasteiger partial charge on any atom is -0.479 e. The maximum Gasteiger partial charge on any atom is 0.332 e. The molecule has 2 heterocycles. The molecular formula is C14H13N3O4S. The summed E-state index contributed by atoms with van der Waals surface area (Å²) in [4.78, 5) is 22.9. The average molecular weight is 319 g/mol. The number of hydrogen-bond donors (Lipinski definition) is 2. The molecule has 2 aromatic rings. The Bertz CT molecular complexity index is 672. The van der Waals surface area contributed by atoms with Gasteiger partial charge in [-0.25, -0.2) is 4.79 Å². The zero-order valence-corrected chi connectivity index (χ0v) is 12.2. The molecule has 8 heteroatoms. The van der Waals surface area contributed by atoms with E-state index in [1.54, 1.807) is 12.1 Å². The Labute approximate surface area is 130 Å². The summed E-state index contributed by atoms with van der Waals surface area (Å²) in [5.74, 6) is -1.36. The van der Waals surface area contributed by atoms with Gasteiger partial charge in [-0.3, -0.25) is 4.79 Å². The van der Waals surface area contributed by atoms with Crippen molar-refractivity contribution in [3.63, 3.8) is 0 Å². The quantitative estimate of drug-likeness (QED) is 0.890. The van der Waals surface area contributed by atoms with Gasteiger partial charge in [0.2, 0.25) is 0 Å². The topological polar surface area (TPSA) is 101 Å². The van der Waals surface area contributed by atoms with Gasteiger partial charge in [0.25, 0.3) is 5.91 Å². The molecule has 0 spiro atoms. The number of anilines is 1. The van der Waals surface area contributed by atoms with Crippen molar-refractivity contribution < 1.29 is 19.4 Å². The number of benzene rings is 1. The van der Waals surface area contributed by atoms with Crippen molar-refractivity contribution in [2.24, 2.45) is 0 Å². The Morgan fingerprint density at radius 1 is 1.23 bits per heavy atom. The van der Waals surface area contributed by atoms with Gasteiger partial charge in [0.15, 0.2) is 6.10 Å². The third-order valence-corrected chi connectivity index (χ3v) is 3.90. The highest BCUT2D eigenvalue weighted by Crippen LogP contribution is 2.23. The van der Waals surface area contributed by atoms with Crippen LogP contribution in [-0.2, 0) is 14.3 Å². The van der Waals surface area contributed by atoms with E-state index in [1.165, 1.54) is 11.5 Å². The lowest BCUT2D eigenvalue weighted by atomic mass is 10.1. The summed E-state index contributed by atoms with van der Waals surface area (Å²) in [5, 5.41) is 17.4. The van der Waals surface area contributed by atoms with Crippen molar-refractivity contribution in [3.05, 3.63) is 29.6 Å². The van der Waals surface area contributed by atoms with E-state index in [1.807, 2.05) is 17.5 Å². The van der Waals surface area contributed by atoms with Gasteiger partial charge in [0.05, 0.1) is 0 Å². The van der Waals surface area contributed by atoms with Gasteiger partial charge >= 0.3 is 5.97 Å². The summed E-state index contributed by atoms with van der Waals surface area (Å²) in [6.45, 7) is 0. The number of nitrogens with one attached hydrogen (secondary N) is 1. The molecule has 1 amide bonds. The number of carboxylic acid groups (broad SMARTS) is 1. The van der Waals surface area contributed by atoms with Crippen molar-refractivity contribution >= 4 is 29.1 Å². The number of aliphatic carboxylic acids is 1. The average Bonchev–Trinajstić information content (AvgIpc) is 3.20. The van der Waals surface area contributed by atoms with Gasteiger partial charge in [-0.05, 0) is 36.5 Å². The predicted octanol–water partition coefficient (Wildman–Crippen LogP) is 1.78. The monoisotopic (exact) mass is 319 g/mol. The first kappa shape index (κ1) is 14.6. The smallest absolute Gasteiger partial charge is 0.332 e. The molecule has 1 aliphatic heterocycles. The van der Waals surface area contributed by atoms with E-state index in [0.717, 1.165) is 11.3 Å². The fraction of sp³-hybridized carbons (Fsp3) is 0.286. The van der Waals surface area contributed by atoms with Crippen LogP contribution in [0.3, 0.4) is 0 Å². The lowest BCUT2D eigenvalue weighted by Crippen LogP contribution is -2.29. The van der Waals surface area contributed by atoms with E-state index in [9.17, 15) is 9.59 Å². The second kappa shape index (κ2) is 6.20. The molecule has 1 fully saturated rings. The van der Waals surface area contributed by atoms with Crippen molar-refractivity contribution in [1.29, 1.82) is 0 Å². The lowest BCUT2D eigenvalue weighted by molar-refractivity contribution is -0.150. The van der Waals surface area contributed by atoms with Gasteiger partial charge in [0, 0.05) is 16.6 Å². The van der Waals surface area contributed by atoms with Crippen molar-refractivity contribution in [2.75, 3.05) is 5.32 Å². The molecule has 0 bridgehead atoms. The zero-order chi connectivity index (χ0) is 15.5. The molecule has 7 nitrogen and oxygen atoms in total. The molecule has 1 saturated heterocycles. The molecule has 2 N–H and O–H groups in total. The Hall–Kier alpha value is -2.32. The first-order chi connectivity index (χ1) is 10.6. The Kier molecular flexibility index (Phi) is 4.12. The molecule has 0 radical (unpaired) electrons. The van der Waals surface area contributed by atoms with E-state index in [0.29, 0.717) is 18.5 Å². The van der Waals surface area contributed by atoms with Crippen LogP contribution >= 0.6 is 11.5 Å². The minimum absolute atomic E-state index is 0.327. The highest BCUT2D eigenvalue weighted by Gasteiger charge is 2.34. The van der Waals surface area contributed by atoms with Gasteiger partial charge in [-0.2, -0.15) is 0 Å². The number of carboxylic acids is 1. The number of amides is 1. The second-order valence-corrected chi connectivity index (χ2v) is 5.50. The lowest BCUT2D eigenvalue weighted by Gasteiger charge is -2.12. The first-order valence-electron chi connectivity index (χ1n) is 6.70. The van der Waals surface area contributed by atoms with Gasteiger partial charge in [0.1, 0.15) is 11.8 Å². The first-order valence-corrected chi connectivity index (χ1v) is 7.54. The van der Waals surface area contributed by atoms with Crippen LogP contribution in [0.2, 0.25) is 0 Å². The van der Waals surface area contributed by atoms with Crippen LogP contribution in [0.15, 0.2) is 29.6 Å². The normalized spacial score (nSPS) is 20.7. The number of aromatic nitrogens is 2. The predicted molar refractivity (Wildman–Crippen MR) is 79.5 cm³/mol. The van der Waals surface area contributed by atoms with E-state index >= 15 is 0 Å². The summed E-state index contributed by atoms with van der Waals surface area (Å²) in [6, 6.07) is 7.19. The minimum atomic E-state index is -1.03. The number of rotatable bonds is 4. The Morgan fingerprint density at radius 2 is 1.95 bits per heavy atom. The zero-order valence-electron chi connectivity index (χ0n) is 11.4. The molecular weight excluding hydrogens is 306 g/mol. The molecule has 22 heavy (non-hydrogen) atoms. The van der Waals surface area contributed by atoms with Crippen LogP contribution in [-0.4, -0.2) is 38.8 Å². The number of hydrogen-bond acceptors (Lipinski definition) is 6. The van der Waals surface area contributed by atoms with Gasteiger partial charge in [-0.15, -0.1) is 5.10 Å². The van der Waals surface area contributed by atoms with Crippen molar-refractivity contribution in [1.82, 2.24) is 9.59 Å². The summed E-state index contributed by atoms with van der Waals surface area (Å²) >= 11 is 1.27. The van der Waals surface area contributed by atoms with Crippen LogP contribution in [0.1, 0.15) is 12.8 Å². The maximum atomic E-state index is 12.0.